The maximum Gasteiger partial charge on any atom is 0.259 e. The van der Waals surface area contributed by atoms with Crippen molar-refractivity contribution < 1.29 is 19.0 Å². The van der Waals surface area contributed by atoms with Crippen molar-refractivity contribution in [3.05, 3.63) is 47.7 Å². The summed E-state index contributed by atoms with van der Waals surface area (Å²) in [5.41, 5.74) is 1.41. The molecule has 23 heavy (non-hydrogen) atoms. The van der Waals surface area contributed by atoms with E-state index < -0.39 is 0 Å². The van der Waals surface area contributed by atoms with Gasteiger partial charge in [0.2, 0.25) is 5.88 Å². The van der Waals surface area contributed by atoms with Crippen molar-refractivity contribution in [3.8, 4) is 17.4 Å². The summed E-state index contributed by atoms with van der Waals surface area (Å²) in [6.07, 6.45) is 1.59. The Kier molecular flexibility index (Phi) is 4.32. The average Bonchev–Trinajstić information content (AvgIpc) is 2.60. The summed E-state index contributed by atoms with van der Waals surface area (Å²) < 4.78 is 16.2. The number of hydrogen-bond acceptors (Lipinski definition) is 5. The lowest BCUT2D eigenvalue weighted by Gasteiger charge is -2.21. The van der Waals surface area contributed by atoms with Crippen LogP contribution in [0.5, 0.6) is 17.4 Å². The quantitative estimate of drug-likeness (QED) is 0.865. The van der Waals surface area contributed by atoms with E-state index in [4.69, 9.17) is 14.2 Å². The van der Waals surface area contributed by atoms with Crippen LogP contribution in [0.1, 0.15) is 15.9 Å². The van der Waals surface area contributed by atoms with Gasteiger partial charge in [-0.1, -0.05) is 6.07 Å². The Morgan fingerprint density at radius 3 is 2.83 bits per heavy atom. The summed E-state index contributed by atoms with van der Waals surface area (Å²) in [7, 11) is 3.24. The summed E-state index contributed by atoms with van der Waals surface area (Å²) >= 11 is 0. The Balaban J connectivity index is 1.76. The second-order valence-corrected chi connectivity index (χ2v) is 5.20. The minimum absolute atomic E-state index is 0.148. The number of amides is 1. The van der Waals surface area contributed by atoms with Gasteiger partial charge < -0.3 is 19.1 Å². The van der Waals surface area contributed by atoms with Crippen molar-refractivity contribution in [1.29, 1.82) is 0 Å². The maximum absolute atomic E-state index is 12.6. The first-order chi connectivity index (χ1) is 11.2. The number of fused-ring (bicyclic) bond motifs is 1. The normalized spacial score (nSPS) is 12.6. The first-order valence-electron chi connectivity index (χ1n) is 7.32. The lowest BCUT2D eigenvalue weighted by molar-refractivity contribution is 0.0780. The highest BCUT2D eigenvalue weighted by Gasteiger charge is 2.18. The molecule has 0 unspecified atom stereocenters. The van der Waals surface area contributed by atoms with Crippen molar-refractivity contribution in [1.82, 2.24) is 9.88 Å². The van der Waals surface area contributed by atoms with E-state index in [1.807, 2.05) is 18.2 Å². The summed E-state index contributed by atoms with van der Waals surface area (Å²) in [6.45, 7) is 1.55. The van der Waals surface area contributed by atoms with Crippen molar-refractivity contribution in [3.63, 3.8) is 0 Å². The molecule has 2 heterocycles. The van der Waals surface area contributed by atoms with E-state index in [9.17, 15) is 4.79 Å². The summed E-state index contributed by atoms with van der Waals surface area (Å²) in [6, 6.07) is 9.12. The van der Waals surface area contributed by atoms with Crippen molar-refractivity contribution in [2.45, 2.75) is 6.54 Å². The molecule has 0 atom stereocenters. The Labute approximate surface area is 134 Å². The van der Waals surface area contributed by atoms with Crippen LogP contribution in [0.2, 0.25) is 0 Å². The zero-order valence-electron chi connectivity index (χ0n) is 13.1. The molecule has 2 aromatic rings. The lowest BCUT2D eigenvalue weighted by atomic mass is 10.1. The van der Waals surface area contributed by atoms with Crippen LogP contribution in [0.15, 0.2) is 36.5 Å². The number of carbonyl (C=O) groups excluding carboxylic acids is 1. The molecule has 0 bridgehead atoms. The van der Waals surface area contributed by atoms with Crippen LogP contribution in [0, 0.1) is 0 Å². The standard InChI is InChI=1S/C17H18N2O4/c1-19(17(20)13-4-3-7-18-16(13)21-2)11-12-5-6-14-15(10-12)23-9-8-22-14/h3-7,10H,8-9,11H2,1-2H3. The first-order valence-corrected chi connectivity index (χ1v) is 7.32. The molecule has 120 valence electrons. The molecule has 1 aliphatic rings. The zero-order chi connectivity index (χ0) is 16.2. The van der Waals surface area contributed by atoms with E-state index in [2.05, 4.69) is 4.98 Å². The fraction of sp³-hybridized carbons (Fsp3) is 0.294. The smallest absolute Gasteiger partial charge is 0.259 e. The van der Waals surface area contributed by atoms with E-state index in [-0.39, 0.29) is 5.91 Å². The van der Waals surface area contributed by atoms with E-state index in [0.29, 0.717) is 37.0 Å². The van der Waals surface area contributed by atoms with Gasteiger partial charge in [0.1, 0.15) is 18.8 Å². The van der Waals surface area contributed by atoms with Gasteiger partial charge in [0.25, 0.3) is 5.91 Å². The van der Waals surface area contributed by atoms with Crippen molar-refractivity contribution in [2.75, 3.05) is 27.4 Å². The van der Waals surface area contributed by atoms with E-state index >= 15 is 0 Å². The van der Waals surface area contributed by atoms with Crippen LogP contribution in [0.4, 0.5) is 0 Å². The number of carbonyl (C=O) groups is 1. The topological polar surface area (TPSA) is 60.9 Å². The largest absolute Gasteiger partial charge is 0.486 e. The first kappa shape index (κ1) is 15.1. The molecule has 6 nitrogen and oxygen atoms in total. The molecular weight excluding hydrogens is 296 g/mol. The van der Waals surface area contributed by atoms with E-state index in [1.165, 1.54) is 7.11 Å². The number of methoxy groups -OCH3 is 1. The molecule has 0 spiro atoms. The van der Waals surface area contributed by atoms with Gasteiger partial charge in [0.05, 0.1) is 7.11 Å². The lowest BCUT2D eigenvalue weighted by Crippen LogP contribution is -2.27. The van der Waals surface area contributed by atoms with Crippen LogP contribution in [0.3, 0.4) is 0 Å². The van der Waals surface area contributed by atoms with Gasteiger partial charge >= 0.3 is 0 Å². The van der Waals surface area contributed by atoms with Crippen LogP contribution < -0.4 is 14.2 Å². The number of nitrogens with zero attached hydrogens (tertiary/aromatic N) is 2. The molecule has 1 aliphatic heterocycles. The average molecular weight is 314 g/mol. The van der Waals surface area contributed by atoms with Gasteiger partial charge in [-0.05, 0) is 29.8 Å². The second kappa shape index (κ2) is 6.56. The highest BCUT2D eigenvalue weighted by molar-refractivity contribution is 5.96. The monoisotopic (exact) mass is 314 g/mol. The molecule has 0 saturated heterocycles. The summed E-state index contributed by atoms with van der Waals surface area (Å²) in [5.74, 6) is 1.63. The molecule has 0 saturated carbocycles. The second-order valence-electron chi connectivity index (χ2n) is 5.20. The number of pyridine rings is 1. The van der Waals surface area contributed by atoms with Gasteiger partial charge in [-0.25, -0.2) is 4.98 Å². The maximum atomic E-state index is 12.6. The van der Waals surface area contributed by atoms with Crippen LogP contribution in [-0.4, -0.2) is 43.2 Å². The predicted octanol–water partition coefficient (Wildman–Crippen LogP) is 2.13. The number of aromatic nitrogens is 1. The molecule has 1 aromatic carbocycles. The number of rotatable bonds is 4. The molecule has 0 N–H and O–H groups in total. The summed E-state index contributed by atoms with van der Waals surface area (Å²) in [4.78, 5) is 18.2. The van der Waals surface area contributed by atoms with E-state index in [1.54, 1.807) is 30.3 Å². The molecule has 0 radical (unpaired) electrons. The van der Waals surface area contributed by atoms with Gasteiger partial charge in [-0.2, -0.15) is 0 Å². The van der Waals surface area contributed by atoms with Gasteiger partial charge in [0.15, 0.2) is 11.5 Å². The van der Waals surface area contributed by atoms with E-state index in [0.717, 1.165) is 11.3 Å². The highest BCUT2D eigenvalue weighted by atomic mass is 16.6. The fourth-order valence-corrected chi connectivity index (χ4v) is 2.45. The Hall–Kier alpha value is -2.76. The number of hydrogen-bond donors (Lipinski definition) is 0. The van der Waals surface area contributed by atoms with Gasteiger partial charge in [-0.15, -0.1) is 0 Å². The number of ether oxygens (including phenoxy) is 3. The highest BCUT2D eigenvalue weighted by Crippen LogP contribution is 2.31. The van der Waals surface area contributed by atoms with Gasteiger partial charge in [0, 0.05) is 19.8 Å². The molecule has 1 aromatic heterocycles. The molecule has 6 heteroatoms. The Morgan fingerprint density at radius 2 is 2.04 bits per heavy atom. The predicted molar refractivity (Wildman–Crippen MR) is 84.0 cm³/mol. The molecule has 0 aliphatic carbocycles. The summed E-state index contributed by atoms with van der Waals surface area (Å²) in [5, 5.41) is 0. The van der Waals surface area contributed by atoms with Crippen molar-refractivity contribution >= 4 is 5.91 Å². The molecular formula is C17H18N2O4. The SMILES string of the molecule is COc1ncccc1C(=O)N(C)Cc1ccc2c(c1)OCCO2. The zero-order valence-corrected chi connectivity index (χ0v) is 13.1. The minimum Gasteiger partial charge on any atom is -0.486 e. The molecule has 0 fully saturated rings. The molecule has 1 amide bonds. The van der Waals surface area contributed by atoms with Gasteiger partial charge in [-0.3, -0.25) is 4.79 Å². The van der Waals surface area contributed by atoms with Crippen LogP contribution in [-0.2, 0) is 6.54 Å². The third kappa shape index (κ3) is 3.21. The minimum atomic E-state index is -0.148. The van der Waals surface area contributed by atoms with Crippen LogP contribution in [0.25, 0.3) is 0 Å². The van der Waals surface area contributed by atoms with Crippen LogP contribution >= 0.6 is 0 Å². The third-order valence-corrected chi connectivity index (χ3v) is 3.57. The Bertz CT molecular complexity index is 717. The number of benzene rings is 1. The fourth-order valence-electron chi connectivity index (χ4n) is 2.45. The van der Waals surface area contributed by atoms with Crippen molar-refractivity contribution in [2.24, 2.45) is 0 Å². The molecule has 3 rings (SSSR count). The Morgan fingerprint density at radius 1 is 1.26 bits per heavy atom. The third-order valence-electron chi connectivity index (χ3n) is 3.57.